The van der Waals surface area contributed by atoms with Crippen LogP contribution in [0.1, 0.15) is 22.8 Å². The summed E-state index contributed by atoms with van der Waals surface area (Å²) in [5.74, 6) is -0.286. The zero-order chi connectivity index (χ0) is 13.0. The van der Waals surface area contributed by atoms with Crippen molar-refractivity contribution in [1.82, 2.24) is 5.32 Å². The van der Waals surface area contributed by atoms with Gasteiger partial charge in [0.05, 0.1) is 25.9 Å². The van der Waals surface area contributed by atoms with Gasteiger partial charge in [-0.1, -0.05) is 25.1 Å². The van der Waals surface area contributed by atoms with Crippen LogP contribution in [0.5, 0.6) is 0 Å². The first kappa shape index (κ1) is 13.1. The molecule has 1 aliphatic heterocycles. The van der Waals surface area contributed by atoms with E-state index in [9.17, 15) is 4.79 Å². The van der Waals surface area contributed by atoms with Crippen molar-refractivity contribution in [3.05, 3.63) is 35.4 Å². The average molecular weight is 249 g/mol. The Hall–Kier alpha value is -1.39. The zero-order valence-electron chi connectivity index (χ0n) is 10.9. The number of carbonyl (C=O) groups excluding carboxylic acids is 1. The molecule has 4 heteroatoms. The van der Waals surface area contributed by atoms with E-state index in [-0.39, 0.29) is 11.4 Å². The van der Waals surface area contributed by atoms with Gasteiger partial charge < -0.3 is 14.8 Å². The van der Waals surface area contributed by atoms with E-state index in [1.807, 2.05) is 18.2 Å². The molecule has 1 fully saturated rings. The fourth-order valence-corrected chi connectivity index (χ4v) is 2.04. The third-order valence-electron chi connectivity index (χ3n) is 3.19. The number of rotatable bonds is 5. The average Bonchev–Trinajstić information content (AvgIpc) is 2.36. The number of ether oxygens (including phenoxy) is 2. The zero-order valence-corrected chi connectivity index (χ0v) is 10.9. The maximum Gasteiger partial charge on any atom is 0.338 e. The second-order valence-electron chi connectivity index (χ2n) is 5.06. The van der Waals surface area contributed by atoms with Gasteiger partial charge in [0.15, 0.2) is 0 Å². The molecule has 1 N–H and O–H groups in total. The number of hydrogen-bond acceptors (Lipinski definition) is 4. The van der Waals surface area contributed by atoms with Crippen molar-refractivity contribution in [1.29, 1.82) is 0 Å². The Balaban J connectivity index is 1.94. The summed E-state index contributed by atoms with van der Waals surface area (Å²) in [6.07, 6.45) is 0. The molecule has 0 aromatic heterocycles. The number of benzene rings is 1. The highest BCUT2D eigenvalue weighted by Gasteiger charge is 2.32. The third-order valence-corrected chi connectivity index (χ3v) is 3.19. The highest BCUT2D eigenvalue weighted by Crippen LogP contribution is 2.25. The molecule has 0 radical (unpaired) electrons. The van der Waals surface area contributed by atoms with E-state index in [1.165, 1.54) is 7.11 Å². The van der Waals surface area contributed by atoms with E-state index < -0.39 is 0 Å². The summed E-state index contributed by atoms with van der Waals surface area (Å²) in [5, 5.41) is 3.38. The molecule has 0 saturated carbocycles. The van der Waals surface area contributed by atoms with E-state index in [1.54, 1.807) is 6.07 Å². The Kier molecular flexibility index (Phi) is 3.99. The van der Waals surface area contributed by atoms with Gasteiger partial charge in [0.1, 0.15) is 0 Å². The Morgan fingerprint density at radius 2 is 2.17 bits per heavy atom. The summed E-state index contributed by atoms with van der Waals surface area (Å²) >= 11 is 0. The second-order valence-corrected chi connectivity index (χ2v) is 5.06. The van der Waals surface area contributed by atoms with Gasteiger partial charge in [-0.2, -0.15) is 0 Å². The van der Waals surface area contributed by atoms with Gasteiger partial charge in [-0.25, -0.2) is 4.79 Å². The molecule has 2 rings (SSSR count). The van der Waals surface area contributed by atoms with Crippen LogP contribution in [0.15, 0.2) is 24.3 Å². The normalized spacial score (nSPS) is 17.0. The second kappa shape index (κ2) is 5.50. The number of esters is 1. The maximum absolute atomic E-state index is 11.6. The molecule has 0 spiro atoms. The molecular weight excluding hydrogens is 230 g/mol. The van der Waals surface area contributed by atoms with Crippen LogP contribution in [-0.2, 0) is 16.0 Å². The van der Waals surface area contributed by atoms with Gasteiger partial charge in [-0.05, 0) is 11.6 Å². The molecule has 1 aliphatic rings. The van der Waals surface area contributed by atoms with Gasteiger partial charge in [-0.3, -0.25) is 0 Å². The summed E-state index contributed by atoms with van der Waals surface area (Å²) in [6.45, 7) is 5.36. The van der Waals surface area contributed by atoms with Crippen LogP contribution in [0, 0.1) is 5.41 Å². The van der Waals surface area contributed by atoms with E-state index in [0.29, 0.717) is 12.1 Å². The molecule has 1 saturated heterocycles. The minimum atomic E-state index is -0.286. The molecule has 4 nitrogen and oxygen atoms in total. The van der Waals surface area contributed by atoms with Crippen molar-refractivity contribution in [2.24, 2.45) is 5.41 Å². The SMILES string of the molecule is COC(=O)c1ccccc1CNCC1(C)COC1. The van der Waals surface area contributed by atoms with E-state index in [2.05, 4.69) is 12.2 Å². The van der Waals surface area contributed by atoms with Crippen molar-refractivity contribution in [3.8, 4) is 0 Å². The quantitative estimate of drug-likeness (QED) is 0.805. The van der Waals surface area contributed by atoms with Crippen LogP contribution < -0.4 is 5.32 Å². The molecular formula is C14H19NO3. The standard InChI is InChI=1S/C14H19NO3/c1-14(9-18-10-14)8-15-7-11-5-3-4-6-12(11)13(16)17-2/h3-6,15H,7-10H2,1-2H3. The van der Waals surface area contributed by atoms with Gasteiger partial charge in [0.2, 0.25) is 0 Å². The summed E-state index contributed by atoms with van der Waals surface area (Å²) in [6, 6.07) is 7.50. The smallest absolute Gasteiger partial charge is 0.338 e. The van der Waals surface area contributed by atoms with Crippen LogP contribution in [-0.4, -0.2) is 32.8 Å². The minimum Gasteiger partial charge on any atom is -0.465 e. The van der Waals surface area contributed by atoms with Crippen molar-refractivity contribution in [2.45, 2.75) is 13.5 Å². The predicted molar refractivity (Wildman–Crippen MR) is 68.4 cm³/mol. The summed E-state index contributed by atoms with van der Waals surface area (Å²) in [5.41, 5.74) is 1.83. The van der Waals surface area contributed by atoms with E-state index in [4.69, 9.17) is 9.47 Å². The van der Waals surface area contributed by atoms with Crippen LogP contribution >= 0.6 is 0 Å². The Morgan fingerprint density at radius 3 is 2.78 bits per heavy atom. The first-order valence-electron chi connectivity index (χ1n) is 6.09. The molecule has 0 unspecified atom stereocenters. The number of nitrogens with one attached hydrogen (secondary N) is 1. The highest BCUT2D eigenvalue weighted by molar-refractivity contribution is 5.90. The minimum absolute atomic E-state index is 0.236. The first-order chi connectivity index (χ1) is 8.64. The molecule has 0 bridgehead atoms. The predicted octanol–water partition coefficient (Wildman–Crippen LogP) is 1.60. The summed E-state index contributed by atoms with van der Waals surface area (Å²) in [7, 11) is 1.40. The van der Waals surface area contributed by atoms with E-state index >= 15 is 0 Å². The van der Waals surface area contributed by atoms with Gasteiger partial charge >= 0.3 is 5.97 Å². The van der Waals surface area contributed by atoms with Crippen LogP contribution in [0.25, 0.3) is 0 Å². The van der Waals surface area contributed by atoms with Crippen molar-refractivity contribution in [3.63, 3.8) is 0 Å². The number of methoxy groups -OCH3 is 1. The van der Waals surface area contributed by atoms with Crippen molar-refractivity contribution in [2.75, 3.05) is 26.9 Å². The Bertz CT molecular complexity index is 427. The maximum atomic E-state index is 11.6. The Labute approximate surface area is 107 Å². The highest BCUT2D eigenvalue weighted by atomic mass is 16.5. The van der Waals surface area contributed by atoms with E-state index in [0.717, 1.165) is 25.3 Å². The van der Waals surface area contributed by atoms with Gasteiger partial charge in [-0.15, -0.1) is 0 Å². The summed E-state index contributed by atoms with van der Waals surface area (Å²) in [4.78, 5) is 11.6. The number of carbonyl (C=O) groups is 1. The lowest BCUT2D eigenvalue weighted by Gasteiger charge is -2.38. The molecule has 0 aliphatic carbocycles. The molecule has 98 valence electrons. The lowest BCUT2D eigenvalue weighted by atomic mass is 9.88. The Morgan fingerprint density at radius 1 is 1.44 bits per heavy atom. The number of hydrogen-bond donors (Lipinski definition) is 1. The van der Waals surface area contributed by atoms with Crippen LogP contribution in [0.4, 0.5) is 0 Å². The first-order valence-corrected chi connectivity index (χ1v) is 6.09. The van der Waals surface area contributed by atoms with Crippen molar-refractivity contribution >= 4 is 5.97 Å². The topological polar surface area (TPSA) is 47.6 Å². The third kappa shape index (κ3) is 2.89. The fraction of sp³-hybridized carbons (Fsp3) is 0.500. The lowest BCUT2D eigenvalue weighted by Crippen LogP contribution is -2.47. The molecule has 1 aromatic carbocycles. The summed E-state index contributed by atoms with van der Waals surface area (Å²) < 4.78 is 9.98. The molecule has 1 aromatic rings. The van der Waals surface area contributed by atoms with Gasteiger partial charge in [0.25, 0.3) is 0 Å². The molecule has 0 amide bonds. The van der Waals surface area contributed by atoms with Crippen molar-refractivity contribution < 1.29 is 14.3 Å². The van der Waals surface area contributed by atoms with Crippen LogP contribution in [0.3, 0.4) is 0 Å². The van der Waals surface area contributed by atoms with Crippen LogP contribution in [0.2, 0.25) is 0 Å². The fourth-order valence-electron chi connectivity index (χ4n) is 2.04. The monoisotopic (exact) mass is 249 g/mol. The molecule has 0 atom stereocenters. The molecule has 18 heavy (non-hydrogen) atoms. The lowest BCUT2D eigenvalue weighted by molar-refractivity contribution is -0.0991. The van der Waals surface area contributed by atoms with Gasteiger partial charge in [0, 0.05) is 18.5 Å². The largest absolute Gasteiger partial charge is 0.465 e. The molecule has 1 heterocycles.